The highest BCUT2D eigenvalue weighted by atomic mass is 79.9. The standard InChI is InChI=1S/C15H19BrN2OS/c1-9(2)19-12-6-11(7-18-8-12)14(17-4)13-5-10(3)15(16)20-13/h5-9,14,17H,1-4H3. The van der Waals surface area contributed by atoms with Crippen LogP contribution in [0.5, 0.6) is 5.75 Å². The van der Waals surface area contributed by atoms with Gasteiger partial charge in [-0.2, -0.15) is 0 Å². The second kappa shape index (κ2) is 6.70. The second-order valence-electron chi connectivity index (χ2n) is 4.95. The van der Waals surface area contributed by atoms with Crippen LogP contribution in [0.3, 0.4) is 0 Å². The van der Waals surface area contributed by atoms with E-state index in [2.05, 4.69) is 45.3 Å². The van der Waals surface area contributed by atoms with Crippen molar-refractivity contribution in [3.8, 4) is 5.75 Å². The van der Waals surface area contributed by atoms with Gasteiger partial charge >= 0.3 is 0 Å². The highest BCUT2D eigenvalue weighted by Crippen LogP contribution is 2.34. The fourth-order valence-corrected chi connectivity index (χ4v) is 3.74. The second-order valence-corrected chi connectivity index (χ2v) is 7.35. The average molecular weight is 355 g/mol. The summed E-state index contributed by atoms with van der Waals surface area (Å²) in [6.45, 7) is 6.14. The van der Waals surface area contributed by atoms with Crippen molar-refractivity contribution >= 4 is 27.3 Å². The molecule has 2 aromatic rings. The maximum Gasteiger partial charge on any atom is 0.138 e. The molecule has 0 aromatic carbocycles. The Morgan fingerprint density at radius 2 is 2.05 bits per heavy atom. The molecule has 3 nitrogen and oxygen atoms in total. The topological polar surface area (TPSA) is 34.2 Å². The van der Waals surface area contributed by atoms with Gasteiger partial charge in [-0.05, 0) is 67.0 Å². The van der Waals surface area contributed by atoms with Crippen LogP contribution in [-0.2, 0) is 0 Å². The van der Waals surface area contributed by atoms with E-state index in [4.69, 9.17) is 4.74 Å². The molecule has 0 aliphatic carbocycles. The number of thiophene rings is 1. The van der Waals surface area contributed by atoms with Crippen molar-refractivity contribution in [2.75, 3.05) is 7.05 Å². The van der Waals surface area contributed by atoms with Crippen LogP contribution >= 0.6 is 27.3 Å². The van der Waals surface area contributed by atoms with Gasteiger partial charge in [0.25, 0.3) is 0 Å². The van der Waals surface area contributed by atoms with Crippen LogP contribution in [0.4, 0.5) is 0 Å². The summed E-state index contributed by atoms with van der Waals surface area (Å²) in [5.74, 6) is 0.810. The predicted molar refractivity (Wildman–Crippen MR) is 87.7 cm³/mol. The first-order valence-corrected chi connectivity index (χ1v) is 8.17. The molecule has 0 fully saturated rings. The number of halogens is 1. The summed E-state index contributed by atoms with van der Waals surface area (Å²) >= 11 is 5.33. The smallest absolute Gasteiger partial charge is 0.138 e. The number of pyridine rings is 1. The predicted octanol–water partition coefficient (Wildman–Crippen LogP) is 4.31. The van der Waals surface area contributed by atoms with Crippen LogP contribution < -0.4 is 10.1 Å². The molecule has 0 aliphatic rings. The average Bonchev–Trinajstić information content (AvgIpc) is 2.70. The molecule has 1 unspecified atom stereocenters. The van der Waals surface area contributed by atoms with Gasteiger partial charge in [0, 0.05) is 11.1 Å². The molecule has 0 amide bonds. The Kier molecular flexibility index (Phi) is 5.18. The molecular weight excluding hydrogens is 336 g/mol. The third-order valence-corrected chi connectivity index (χ3v) is 5.09. The Hall–Kier alpha value is -0.910. The number of aryl methyl sites for hydroxylation is 1. The van der Waals surface area contributed by atoms with E-state index in [1.165, 1.54) is 14.2 Å². The van der Waals surface area contributed by atoms with Gasteiger partial charge in [0.05, 0.1) is 22.1 Å². The van der Waals surface area contributed by atoms with Crippen LogP contribution in [0, 0.1) is 6.92 Å². The zero-order valence-corrected chi connectivity index (χ0v) is 14.5. The van der Waals surface area contributed by atoms with Gasteiger partial charge < -0.3 is 10.1 Å². The highest BCUT2D eigenvalue weighted by Gasteiger charge is 2.17. The zero-order valence-electron chi connectivity index (χ0n) is 12.1. The Bertz CT molecular complexity index is 564. The quantitative estimate of drug-likeness (QED) is 0.868. The number of ether oxygens (including phenoxy) is 1. The van der Waals surface area contributed by atoms with E-state index in [1.807, 2.05) is 27.1 Å². The summed E-state index contributed by atoms with van der Waals surface area (Å²) in [6, 6.07) is 4.39. The maximum absolute atomic E-state index is 5.72. The lowest BCUT2D eigenvalue weighted by molar-refractivity contribution is 0.241. The number of aromatic nitrogens is 1. The van der Waals surface area contributed by atoms with Gasteiger partial charge in [-0.25, -0.2) is 0 Å². The summed E-state index contributed by atoms with van der Waals surface area (Å²) in [5.41, 5.74) is 2.37. The van der Waals surface area contributed by atoms with Crippen molar-refractivity contribution in [2.24, 2.45) is 0 Å². The van der Waals surface area contributed by atoms with Crippen molar-refractivity contribution in [1.82, 2.24) is 10.3 Å². The molecule has 0 saturated carbocycles. The molecule has 2 heterocycles. The molecule has 5 heteroatoms. The Balaban J connectivity index is 2.31. The maximum atomic E-state index is 5.72. The Morgan fingerprint density at radius 1 is 1.30 bits per heavy atom. The number of nitrogens with zero attached hydrogens (tertiary/aromatic N) is 1. The lowest BCUT2D eigenvalue weighted by Gasteiger charge is -2.16. The minimum absolute atomic E-state index is 0.133. The summed E-state index contributed by atoms with van der Waals surface area (Å²) in [5, 5.41) is 3.35. The summed E-state index contributed by atoms with van der Waals surface area (Å²) in [4.78, 5) is 5.55. The van der Waals surface area contributed by atoms with E-state index in [0.717, 1.165) is 11.3 Å². The lowest BCUT2D eigenvalue weighted by Crippen LogP contribution is -2.17. The van der Waals surface area contributed by atoms with E-state index in [0.29, 0.717) is 0 Å². The van der Waals surface area contributed by atoms with Gasteiger partial charge in [-0.15, -0.1) is 11.3 Å². The fraction of sp³-hybridized carbons (Fsp3) is 0.400. The molecular formula is C15H19BrN2OS. The van der Waals surface area contributed by atoms with Crippen molar-refractivity contribution in [2.45, 2.75) is 32.9 Å². The van der Waals surface area contributed by atoms with Gasteiger partial charge in [-0.1, -0.05) is 0 Å². The molecule has 2 rings (SSSR count). The highest BCUT2D eigenvalue weighted by molar-refractivity contribution is 9.11. The number of rotatable bonds is 5. The van der Waals surface area contributed by atoms with Crippen LogP contribution in [0.2, 0.25) is 0 Å². The minimum atomic E-state index is 0.133. The van der Waals surface area contributed by atoms with Gasteiger partial charge in [-0.3, -0.25) is 4.98 Å². The first-order valence-electron chi connectivity index (χ1n) is 6.56. The molecule has 108 valence electrons. The van der Waals surface area contributed by atoms with Gasteiger partial charge in [0.2, 0.25) is 0 Å². The molecule has 1 atom stereocenters. The molecule has 0 radical (unpaired) electrons. The summed E-state index contributed by atoms with van der Waals surface area (Å²) < 4.78 is 6.89. The SMILES string of the molecule is CNC(c1cncc(OC(C)C)c1)c1cc(C)c(Br)s1. The molecule has 0 saturated heterocycles. The van der Waals surface area contributed by atoms with Crippen molar-refractivity contribution < 1.29 is 4.74 Å². The molecule has 0 spiro atoms. The third-order valence-electron chi connectivity index (χ3n) is 2.89. The largest absolute Gasteiger partial charge is 0.489 e. The molecule has 1 N–H and O–H groups in total. The molecule has 20 heavy (non-hydrogen) atoms. The number of hydrogen-bond donors (Lipinski definition) is 1. The molecule has 0 aliphatic heterocycles. The first kappa shape index (κ1) is 15.5. The van der Waals surface area contributed by atoms with E-state index in [-0.39, 0.29) is 12.1 Å². The zero-order chi connectivity index (χ0) is 14.7. The minimum Gasteiger partial charge on any atom is -0.489 e. The number of hydrogen-bond acceptors (Lipinski definition) is 4. The normalized spacial score (nSPS) is 12.7. The first-order chi connectivity index (χ1) is 9.51. The Labute approximate surface area is 132 Å². The van der Waals surface area contributed by atoms with Crippen molar-refractivity contribution in [3.63, 3.8) is 0 Å². The van der Waals surface area contributed by atoms with E-state index >= 15 is 0 Å². The van der Waals surface area contributed by atoms with E-state index in [9.17, 15) is 0 Å². The lowest BCUT2D eigenvalue weighted by atomic mass is 10.1. The van der Waals surface area contributed by atoms with Crippen LogP contribution in [0.1, 0.15) is 35.9 Å². The monoisotopic (exact) mass is 354 g/mol. The van der Waals surface area contributed by atoms with E-state index < -0.39 is 0 Å². The van der Waals surface area contributed by atoms with Crippen molar-refractivity contribution in [3.05, 3.63) is 44.3 Å². The van der Waals surface area contributed by atoms with Gasteiger partial charge in [0.1, 0.15) is 5.75 Å². The fourth-order valence-electron chi connectivity index (χ4n) is 2.03. The van der Waals surface area contributed by atoms with Crippen LogP contribution in [0.15, 0.2) is 28.3 Å². The Morgan fingerprint density at radius 3 is 2.60 bits per heavy atom. The van der Waals surface area contributed by atoms with Crippen LogP contribution in [0.25, 0.3) is 0 Å². The van der Waals surface area contributed by atoms with E-state index in [1.54, 1.807) is 17.5 Å². The number of nitrogens with one attached hydrogen (secondary N) is 1. The molecule has 0 bridgehead atoms. The molecule has 2 aromatic heterocycles. The summed E-state index contributed by atoms with van der Waals surface area (Å²) in [6.07, 6.45) is 3.79. The van der Waals surface area contributed by atoms with Crippen LogP contribution in [-0.4, -0.2) is 18.1 Å². The van der Waals surface area contributed by atoms with Gasteiger partial charge in [0.15, 0.2) is 0 Å². The summed E-state index contributed by atoms with van der Waals surface area (Å²) in [7, 11) is 1.96. The van der Waals surface area contributed by atoms with Crippen molar-refractivity contribution in [1.29, 1.82) is 0 Å². The third kappa shape index (κ3) is 3.59.